The van der Waals surface area contributed by atoms with Crippen molar-refractivity contribution >= 4 is 12.1 Å². The van der Waals surface area contributed by atoms with Gasteiger partial charge in [0.25, 0.3) is 11.4 Å². The van der Waals surface area contributed by atoms with E-state index in [1.54, 1.807) is 62.4 Å². The average molecular weight is 691 g/mol. The number of rotatable bonds is 12. The number of nitrogens with one attached hydrogen (secondary N) is 2. The number of ether oxygens (including phenoxy) is 2. The van der Waals surface area contributed by atoms with Gasteiger partial charge in [0.2, 0.25) is 6.79 Å². The Morgan fingerprint density at radius 1 is 0.588 bits per heavy atom. The Morgan fingerprint density at radius 2 is 0.941 bits per heavy atom. The van der Waals surface area contributed by atoms with Crippen molar-refractivity contribution in [3.05, 3.63) is 174 Å². The fraction of sp³-hybridized carbons (Fsp3) is 0.189. The molecule has 6 rings (SSSR count). The molecule has 0 saturated carbocycles. The minimum absolute atomic E-state index is 0.126. The molecule has 2 atom stereocenters. The highest BCUT2D eigenvalue weighted by molar-refractivity contribution is 5.79. The minimum Gasteiger partial charge on any atom is -0.458 e. The van der Waals surface area contributed by atoms with Crippen molar-refractivity contribution in [2.45, 2.75) is 39.0 Å². The van der Waals surface area contributed by atoms with Gasteiger partial charge in [0.05, 0.1) is 34.3 Å². The van der Waals surface area contributed by atoms with Crippen molar-refractivity contribution in [3.8, 4) is 11.5 Å². The molecule has 0 bridgehead atoms. The van der Waals surface area contributed by atoms with Crippen molar-refractivity contribution in [2.75, 3.05) is 6.79 Å². The second-order valence-corrected chi connectivity index (χ2v) is 11.9. The van der Waals surface area contributed by atoms with Crippen LogP contribution in [0.2, 0.25) is 0 Å². The van der Waals surface area contributed by atoms with Gasteiger partial charge in [-0.1, -0.05) is 84.9 Å². The van der Waals surface area contributed by atoms with Gasteiger partial charge in [-0.15, -0.1) is 0 Å². The van der Waals surface area contributed by atoms with Gasteiger partial charge in [0, 0.05) is 0 Å². The van der Waals surface area contributed by atoms with Crippen molar-refractivity contribution in [3.63, 3.8) is 0 Å². The topological polar surface area (TPSA) is 169 Å². The third kappa shape index (κ3) is 7.49. The molecule has 0 saturated heterocycles. The van der Waals surface area contributed by atoms with Crippen LogP contribution in [0, 0.1) is 20.2 Å². The first-order valence-electron chi connectivity index (χ1n) is 16.0. The molecule has 2 heterocycles. The zero-order valence-corrected chi connectivity index (χ0v) is 27.7. The number of nitrogens with zero attached hydrogens (tertiary/aromatic N) is 4. The maximum atomic E-state index is 13.0. The Labute approximate surface area is 292 Å². The molecule has 4 aromatic carbocycles. The Bertz CT molecular complexity index is 1860. The fourth-order valence-electron chi connectivity index (χ4n) is 6.09. The number of amides is 4. The number of nitro groups is 2. The highest BCUT2D eigenvalue weighted by Gasteiger charge is 2.40. The lowest BCUT2D eigenvalue weighted by Crippen LogP contribution is -2.47. The summed E-state index contributed by atoms with van der Waals surface area (Å²) in [6.45, 7) is 3.34. The van der Waals surface area contributed by atoms with E-state index in [1.807, 2.05) is 60.7 Å². The van der Waals surface area contributed by atoms with Crippen LogP contribution in [0.5, 0.6) is 11.5 Å². The van der Waals surface area contributed by atoms with Crippen LogP contribution in [0.15, 0.2) is 132 Å². The van der Waals surface area contributed by atoms with Gasteiger partial charge in [-0.25, -0.2) is 9.59 Å². The number of carbonyl (C=O) groups is 2. The molecule has 2 unspecified atom stereocenters. The predicted octanol–water partition coefficient (Wildman–Crippen LogP) is 6.65. The molecule has 2 aliphatic rings. The quantitative estimate of drug-likeness (QED) is 0.0946. The highest BCUT2D eigenvalue weighted by Crippen LogP contribution is 2.34. The van der Waals surface area contributed by atoms with Gasteiger partial charge in [-0.05, 0) is 60.4 Å². The number of hydrogen-bond acceptors (Lipinski definition) is 8. The molecule has 2 N–H and O–H groups in total. The van der Waals surface area contributed by atoms with Gasteiger partial charge < -0.3 is 20.1 Å². The number of hydrogen-bond donors (Lipinski definition) is 2. The van der Waals surface area contributed by atoms with E-state index in [1.165, 1.54) is 9.80 Å². The van der Waals surface area contributed by atoms with Gasteiger partial charge in [0.15, 0.2) is 0 Å². The van der Waals surface area contributed by atoms with Crippen LogP contribution in [0.3, 0.4) is 0 Å². The molecule has 0 aromatic heterocycles. The Morgan fingerprint density at radius 3 is 1.27 bits per heavy atom. The molecular formula is C37H34N6O8. The van der Waals surface area contributed by atoms with E-state index in [0.717, 1.165) is 11.1 Å². The molecule has 0 aliphatic carbocycles. The number of carbonyl (C=O) groups excluding carboxylic acids is 2. The van der Waals surface area contributed by atoms with Gasteiger partial charge >= 0.3 is 12.1 Å². The van der Waals surface area contributed by atoms with E-state index in [-0.39, 0.29) is 42.7 Å². The van der Waals surface area contributed by atoms with Crippen LogP contribution in [0.4, 0.5) is 9.59 Å². The summed E-state index contributed by atoms with van der Waals surface area (Å²) >= 11 is 0. The van der Waals surface area contributed by atoms with Crippen LogP contribution in [-0.2, 0) is 13.1 Å². The maximum absolute atomic E-state index is 13.0. The Hall–Kier alpha value is -6.70. The third-order valence-electron chi connectivity index (χ3n) is 8.76. The summed E-state index contributed by atoms with van der Waals surface area (Å²) in [5.74, 6) is 0.848. The normalized spacial score (nSPS) is 17.5. The van der Waals surface area contributed by atoms with Crippen LogP contribution in [0.1, 0.15) is 48.2 Å². The number of urea groups is 2. The molecule has 4 amide bonds. The maximum Gasteiger partial charge on any atom is 0.323 e. The smallest absolute Gasteiger partial charge is 0.323 e. The molecule has 14 heteroatoms. The predicted molar refractivity (Wildman–Crippen MR) is 185 cm³/mol. The van der Waals surface area contributed by atoms with Crippen LogP contribution in [-0.4, -0.2) is 38.5 Å². The second kappa shape index (κ2) is 14.8. The van der Waals surface area contributed by atoms with Crippen molar-refractivity contribution in [2.24, 2.45) is 0 Å². The lowest BCUT2D eigenvalue weighted by atomic mass is 10.00. The van der Waals surface area contributed by atoms with Crippen molar-refractivity contribution < 1.29 is 28.9 Å². The molecule has 2 aliphatic heterocycles. The minimum atomic E-state index is -0.960. The lowest BCUT2D eigenvalue weighted by molar-refractivity contribution is -0.433. The van der Waals surface area contributed by atoms with Crippen molar-refractivity contribution in [1.29, 1.82) is 0 Å². The first kappa shape index (κ1) is 34.2. The SMILES string of the molecule is CC1=C([N+](=O)[O-])C(c2ccc(OCOc3ccc(C4NC(=O)N(Cc5ccccc5)C(C)=C4[N+](=O)[O-])cc3)cc2)NC(=O)N1Cc1ccccc1. The van der Waals surface area contributed by atoms with Gasteiger partial charge in [-0.3, -0.25) is 30.0 Å². The van der Waals surface area contributed by atoms with Gasteiger partial charge in [0.1, 0.15) is 23.6 Å². The van der Waals surface area contributed by atoms with E-state index >= 15 is 0 Å². The lowest BCUT2D eigenvalue weighted by Gasteiger charge is -2.32. The zero-order chi connectivity index (χ0) is 36.1. The number of allylic oxidation sites excluding steroid dienone is 2. The van der Waals surface area contributed by atoms with Gasteiger partial charge in [-0.2, -0.15) is 0 Å². The van der Waals surface area contributed by atoms with Crippen LogP contribution in [0.25, 0.3) is 0 Å². The molecular weight excluding hydrogens is 656 g/mol. The van der Waals surface area contributed by atoms with Crippen molar-refractivity contribution in [1.82, 2.24) is 20.4 Å². The molecule has 51 heavy (non-hydrogen) atoms. The first-order valence-corrected chi connectivity index (χ1v) is 16.0. The fourth-order valence-corrected chi connectivity index (χ4v) is 6.09. The number of benzene rings is 4. The third-order valence-corrected chi connectivity index (χ3v) is 8.76. The zero-order valence-electron chi connectivity index (χ0n) is 27.7. The summed E-state index contributed by atoms with van der Waals surface area (Å²) in [6.07, 6.45) is 0. The van der Waals surface area contributed by atoms with E-state index in [2.05, 4.69) is 10.6 Å². The summed E-state index contributed by atoms with van der Waals surface area (Å²) in [7, 11) is 0. The summed E-state index contributed by atoms with van der Waals surface area (Å²) in [5.41, 5.74) is 2.96. The van der Waals surface area contributed by atoms with Crippen LogP contribution < -0.4 is 20.1 Å². The highest BCUT2D eigenvalue weighted by atomic mass is 16.7. The van der Waals surface area contributed by atoms with Crippen LogP contribution >= 0.6 is 0 Å². The second-order valence-electron chi connectivity index (χ2n) is 11.9. The molecule has 260 valence electrons. The molecule has 0 spiro atoms. The summed E-state index contributed by atoms with van der Waals surface area (Å²) in [6, 6.07) is 28.7. The summed E-state index contributed by atoms with van der Waals surface area (Å²) in [5, 5.41) is 29.8. The van der Waals surface area contributed by atoms with E-state index < -0.39 is 34.0 Å². The average Bonchev–Trinajstić information content (AvgIpc) is 3.12. The largest absolute Gasteiger partial charge is 0.458 e. The Balaban J connectivity index is 1.08. The standard InChI is InChI=1S/C37H34N6O8/c1-24-34(42(46)47)32(38-36(44)40(24)21-26-9-5-3-6-10-26)28-13-17-30(18-14-28)50-23-51-31-19-15-29(16-20-31)33-35(43(48)49)25(2)41(37(45)39-33)22-27-11-7-4-8-12-27/h3-20,32-33H,21-23H2,1-2H3,(H,38,44)(H,39,45). The summed E-state index contributed by atoms with van der Waals surface area (Å²) < 4.78 is 11.4. The molecule has 4 aromatic rings. The van der Waals surface area contributed by atoms with E-state index in [0.29, 0.717) is 22.6 Å². The monoisotopic (exact) mass is 690 g/mol. The Kier molecular flexibility index (Phi) is 9.93. The summed E-state index contributed by atoms with van der Waals surface area (Å²) in [4.78, 5) is 52.1. The molecule has 0 fully saturated rings. The van der Waals surface area contributed by atoms with E-state index in [4.69, 9.17) is 9.47 Å². The first-order chi connectivity index (χ1) is 24.6. The molecule has 14 nitrogen and oxygen atoms in total. The van der Waals surface area contributed by atoms with E-state index in [9.17, 15) is 29.8 Å². The molecule has 0 radical (unpaired) electrons.